The van der Waals surface area contributed by atoms with E-state index in [9.17, 15) is 5.11 Å². The second kappa shape index (κ2) is 2.70. The molecular weight excluding hydrogens is 178 g/mol. The van der Waals surface area contributed by atoms with Gasteiger partial charge < -0.3 is 5.11 Å². The standard InChI is InChI=1S/C10H13N3O/c1-10(2,3)7-4-5-8-11-6-9(14)13(8)12-7/h4-6,14H,1-3H3. The third-order valence-electron chi connectivity index (χ3n) is 2.11. The quantitative estimate of drug-likeness (QED) is 0.690. The van der Waals surface area contributed by atoms with E-state index in [-0.39, 0.29) is 11.3 Å². The summed E-state index contributed by atoms with van der Waals surface area (Å²) >= 11 is 0. The van der Waals surface area contributed by atoms with Gasteiger partial charge in [0.05, 0.1) is 11.9 Å². The van der Waals surface area contributed by atoms with Gasteiger partial charge in [0.2, 0.25) is 5.88 Å². The fourth-order valence-electron chi connectivity index (χ4n) is 1.26. The van der Waals surface area contributed by atoms with Crippen molar-refractivity contribution in [2.24, 2.45) is 0 Å². The van der Waals surface area contributed by atoms with Gasteiger partial charge in [0.1, 0.15) is 0 Å². The molecule has 2 rings (SSSR count). The third-order valence-corrected chi connectivity index (χ3v) is 2.11. The molecule has 0 atom stereocenters. The van der Waals surface area contributed by atoms with Gasteiger partial charge >= 0.3 is 0 Å². The number of fused-ring (bicyclic) bond motifs is 1. The Morgan fingerprint density at radius 1 is 1.29 bits per heavy atom. The first kappa shape index (κ1) is 8.99. The van der Waals surface area contributed by atoms with Crippen LogP contribution in [0.15, 0.2) is 18.3 Å². The fraction of sp³-hybridized carbons (Fsp3) is 0.400. The normalized spacial score (nSPS) is 12.2. The summed E-state index contributed by atoms with van der Waals surface area (Å²) in [5, 5.41) is 13.7. The zero-order valence-electron chi connectivity index (χ0n) is 8.52. The smallest absolute Gasteiger partial charge is 0.233 e. The van der Waals surface area contributed by atoms with Crippen molar-refractivity contribution < 1.29 is 5.11 Å². The van der Waals surface area contributed by atoms with Crippen LogP contribution in [0.5, 0.6) is 5.88 Å². The number of imidazole rings is 1. The molecule has 4 nitrogen and oxygen atoms in total. The van der Waals surface area contributed by atoms with Crippen LogP contribution in [-0.2, 0) is 5.41 Å². The first-order chi connectivity index (χ1) is 6.48. The minimum Gasteiger partial charge on any atom is -0.492 e. The second-order valence-electron chi connectivity index (χ2n) is 4.35. The molecule has 0 radical (unpaired) electrons. The van der Waals surface area contributed by atoms with Gasteiger partial charge in [0.25, 0.3) is 0 Å². The summed E-state index contributed by atoms with van der Waals surface area (Å²) in [4.78, 5) is 3.99. The molecule has 0 spiro atoms. The lowest BCUT2D eigenvalue weighted by Gasteiger charge is -2.16. The van der Waals surface area contributed by atoms with E-state index in [1.807, 2.05) is 12.1 Å². The molecule has 2 aromatic heterocycles. The Kier molecular flexibility index (Phi) is 1.74. The molecule has 0 saturated heterocycles. The van der Waals surface area contributed by atoms with Crippen LogP contribution in [0.2, 0.25) is 0 Å². The van der Waals surface area contributed by atoms with Gasteiger partial charge in [-0.1, -0.05) is 20.8 Å². The van der Waals surface area contributed by atoms with Crippen molar-refractivity contribution >= 4 is 5.65 Å². The molecule has 0 amide bonds. The van der Waals surface area contributed by atoms with Crippen molar-refractivity contribution in [2.75, 3.05) is 0 Å². The van der Waals surface area contributed by atoms with Gasteiger partial charge in [-0.25, -0.2) is 4.98 Å². The number of nitrogens with zero attached hydrogens (tertiary/aromatic N) is 3. The first-order valence-corrected chi connectivity index (χ1v) is 4.53. The van der Waals surface area contributed by atoms with E-state index in [1.54, 1.807) is 0 Å². The summed E-state index contributed by atoms with van der Waals surface area (Å²) in [6.07, 6.45) is 1.40. The minimum absolute atomic E-state index is 0.0229. The average molecular weight is 191 g/mol. The maximum absolute atomic E-state index is 9.44. The third kappa shape index (κ3) is 1.32. The van der Waals surface area contributed by atoms with Crippen molar-refractivity contribution in [1.82, 2.24) is 14.6 Å². The minimum atomic E-state index is -0.0229. The van der Waals surface area contributed by atoms with Crippen LogP contribution in [0, 0.1) is 0 Å². The van der Waals surface area contributed by atoms with Crippen molar-refractivity contribution in [3.8, 4) is 5.88 Å². The Bertz CT molecular complexity index is 468. The topological polar surface area (TPSA) is 50.4 Å². The van der Waals surface area contributed by atoms with Crippen molar-refractivity contribution in [3.63, 3.8) is 0 Å². The van der Waals surface area contributed by atoms with Gasteiger partial charge in [-0.05, 0) is 12.1 Å². The number of hydrogen-bond acceptors (Lipinski definition) is 3. The molecule has 0 aliphatic heterocycles. The van der Waals surface area contributed by atoms with Gasteiger partial charge in [-0.2, -0.15) is 9.61 Å². The summed E-state index contributed by atoms with van der Waals surface area (Å²) in [5.41, 5.74) is 1.57. The van der Waals surface area contributed by atoms with E-state index >= 15 is 0 Å². The molecule has 14 heavy (non-hydrogen) atoms. The summed E-state index contributed by atoms with van der Waals surface area (Å²) in [5.74, 6) is 0.0751. The Labute approximate surface area is 82.2 Å². The highest BCUT2D eigenvalue weighted by Crippen LogP contribution is 2.21. The van der Waals surface area contributed by atoms with Crippen LogP contribution in [0.3, 0.4) is 0 Å². The zero-order chi connectivity index (χ0) is 10.3. The van der Waals surface area contributed by atoms with Crippen LogP contribution in [0.25, 0.3) is 5.65 Å². The molecule has 0 bridgehead atoms. The first-order valence-electron chi connectivity index (χ1n) is 4.53. The number of aromatic nitrogens is 3. The van der Waals surface area contributed by atoms with Crippen molar-refractivity contribution in [1.29, 1.82) is 0 Å². The Balaban J connectivity index is 2.66. The Morgan fingerprint density at radius 3 is 2.64 bits per heavy atom. The number of hydrogen-bond donors (Lipinski definition) is 1. The molecule has 0 aliphatic rings. The highest BCUT2D eigenvalue weighted by atomic mass is 16.3. The second-order valence-corrected chi connectivity index (χ2v) is 4.35. The van der Waals surface area contributed by atoms with E-state index in [0.29, 0.717) is 5.65 Å². The Hall–Kier alpha value is -1.58. The molecule has 1 N–H and O–H groups in total. The molecule has 0 aliphatic carbocycles. The van der Waals surface area contributed by atoms with Crippen molar-refractivity contribution in [3.05, 3.63) is 24.0 Å². The summed E-state index contributed by atoms with van der Waals surface area (Å²) in [7, 11) is 0. The van der Waals surface area contributed by atoms with Gasteiger partial charge in [0.15, 0.2) is 5.65 Å². The van der Waals surface area contributed by atoms with E-state index in [2.05, 4.69) is 30.9 Å². The summed E-state index contributed by atoms with van der Waals surface area (Å²) in [6.45, 7) is 6.24. The molecule has 74 valence electrons. The van der Waals surface area contributed by atoms with Crippen LogP contribution in [0.4, 0.5) is 0 Å². The van der Waals surface area contributed by atoms with Crippen LogP contribution < -0.4 is 0 Å². The maximum Gasteiger partial charge on any atom is 0.233 e. The predicted molar refractivity (Wildman–Crippen MR) is 53.4 cm³/mol. The van der Waals surface area contributed by atoms with E-state index in [0.717, 1.165) is 5.69 Å². The van der Waals surface area contributed by atoms with Gasteiger partial charge in [0, 0.05) is 5.41 Å². The van der Waals surface area contributed by atoms with E-state index in [4.69, 9.17) is 0 Å². The molecule has 2 aromatic rings. The Morgan fingerprint density at radius 2 is 2.00 bits per heavy atom. The zero-order valence-corrected chi connectivity index (χ0v) is 8.52. The van der Waals surface area contributed by atoms with Crippen LogP contribution >= 0.6 is 0 Å². The molecule has 0 saturated carbocycles. The average Bonchev–Trinajstić information content (AvgIpc) is 2.46. The largest absolute Gasteiger partial charge is 0.492 e. The summed E-state index contributed by atoms with van der Waals surface area (Å²) < 4.78 is 1.45. The SMILES string of the molecule is CC(C)(C)c1ccc2ncc(O)n2n1. The highest BCUT2D eigenvalue weighted by molar-refractivity contribution is 5.40. The van der Waals surface area contributed by atoms with Gasteiger partial charge in [-0.15, -0.1) is 0 Å². The lowest BCUT2D eigenvalue weighted by molar-refractivity contribution is 0.433. The molecule has 2 heterocycles. The molecule has 0 unspecified atom stereocenters. The number of aromatic hydroxyl groups is 1. The molecule has 0 fully saturated rings. The van der Waals surface area contributed by atoms with Gasteiger partial charge in [-0.3, -0.25) is 0 Å². The van der Waals surface area contributed by atoms with Crippen LogP contribution in [-0.4, -0.2) is 19.7 Å². The monoisotopic (exact) mass is 191 g/mol. The maximum atomic E-state index is 9.44. The highest BCUT2D eigenvalue weighted by Gasteiger charge is 2.16. The summed E-state index contributed by atoms with van der Waals surface area (Å²) in [6, 6.07) is 3.79. The lowest BCUT2D eigenvalue weighted by Crippen LogP contribution is -2.15. The van der Waals surface area contributed by atoms with Crippen molar-refractivity contribution in [2.45, 2.75) is 26.2 Å². The molecule has 0 aromatic carbocycles. The van der Waals surface area contributed by atoms with E-state index in [1.165, 1.54) is 10.7 Å². The van der Waals surface area contributed by atoms with Crippen LogP contribution in [0.1, 0.15) is 26.5 Å². The predicted octanol–water partition coefficient (Wildman–Crippen LogP) is 1.73. The number of rotatable bonds is 0. The fourth-order valence-corrected chi connectivity index (χ4v) is 1.26. The molecule has 4 heteroatoms. The molecular formula is C10H13N3O. The van der Waals surface area contributed by atoms with E-state index < -0.39 is 0 Å². The lowest BCUT2D eigenvalue weighted by atomic mass is 9.92.